The van der Waals surface area contributed by atoms with Gasteiger partial charge in [0.15, 0.2) is 9.84 Å². The van der Waals surface area contributed by atoms with Gasteiger partial charge in [0.05, 0.1) is 0 Å². The Morgan fingerprint density at radius 2 is 2.00 bits per heavy atom. The van der Waals surface area contributed by atoms with Crippen LogP contribution in [0, 0.1) is 0 Å². The number of halogens is 1. The molecule has 6 heteroatoms. The Kier molecular flexibility index (Phi) is 5.44. The first-order valence-corrected chi connectivity index (χ1v) is 6.78. The lowest BCUT2D eigenvalue weighted by Crippen LogP contribution is -2.33. The first kappa shape index (κ1) is 13.7. The minimum absolute atomic E-state index is 0.0107. The van der Waals surface area contributed by atoms with Gasteiger partial charge in [-0.05, 0) is 13.3 Å². The summed E-state index contributed by atoms with van der Waals surface area (Å²) in [5.74, 6) is -0.815. The van der Waals surface area contributed by atoms with E-state index in [1.165, 1.54) is 4.90 Å². The molecule has 0 bridgehead atoms. The third kappa shape index (κ3) is 7.15. The van der Waals surface area contributed by atoms with Crippen LogP contribution in [0.5, 0.6) is 0 Å². The lowest BCUT2D eigenvalue weighted by atomic mass is 10.3. The summed E-state index contributed by atoms with van der Waals surface area (Å²) in [6.07, 6.45) is 1.70. The molecule has 84 valence electrons. The number of alkyl halides is 1. The van der Waals surface area contributed by atoms with Crippen LogP contribution >= 0.6 is 11.6 Å². The van der Waals surface area contributed by atoms with Crippen molar-refractivity contribution in [2.24, 2.45) is 0 Å². The molecule has 0 fully saturated rings. The number of hydrogen-bond donors (Lipinski definition) is 0. The van der Waals surface area contributed by atoms with Crippen molar-refractivity contribution in [1.82, 2.24) is 4.90 Å². The Labute approximate surface area is 90.1 Å². The van der Waals surface area contributed by atoms with Gasteiger partial charge >= 0.3 is 0 Å². The summed E-state index contributed by atoms with van der Waals surface area (Å²) in [4.78, 5) is 12.7. The number of amides is 1. The van der Waals surface area contributed by atoms with E-state index in [0.717, 1.165) is 6.26 Å². The molecule has 0 spiro atoms. The average molecular weight is 242 g/mol. The van der Waals surface area contributed by atoms with Crippen molar-refractivity contribution in [1.29, 1.82) is 0 Å². The Balaban J connectivity index is 4.01. The highest BCUT2D eigenvalue weighted by Gasteiger charge is 2.15. The molecule has 0 aliphatic carbocycles. The van der Waals surface area contributed by atoms with Gasteiger partial charge in [-0.1, -0.05) is 0 Å². The molecule has 0 aliphatic rings. The second kappa shape index (κ2) is 5.56. The van der Waals surface area contributed by atoms with E-state index in [1.807, 2.05) is 6.92 Å². The molecule has 0 rings (SSSR count). The van der Waals surface area contributed by atoms with Crippen molar-refractivity contribution >= 4 is 27.3 Å². The minimum atomic E-state index is -3.23. The standard InChI is InChI=1S/C8H16ClNO3S/c1-7(9)4-5-10(2)8(11)6-14(3,12)13/h7H,4-6H2,1-3H3. The Morgan fingerprint density at radius 1 is 1.50 bits per heavy atom. The van der Waals surface area contributed by atoms with Crippen LogP contribution in [0.3, 0.4) is 0 Å². The number of rotatable bonds is 5. The monoisotopic (exact) mass is 241 g/mol. The van der Waals surface area contributed by atoms with Gasteiger partial charge in [0.2, 0.25) is 5.91 Å². The molecule has 1 unspecified atom stereocenters. The largest absolute Gasteiger partial charge is 0.345 e. The molecule has 4 nitrogen and oxygen atoms in total. The van der Waals surface area contributed by atoms with E-state index in [4.69, 9.17) is 11.6 Å². The first-order valence-electron chi connectivity index (χ1n) is 4.28. The topological polar surface area (TPSA) is 54.5 Å². The Bertz CT molecular complexity index is 287. The SMILES string of the molecule is CC(Cl)CCN(C)C(=O)CS(C)(=O)=O. The van der Waals surface area contributed by atoms with Crippen molar-refractivity contribution < 1.29 is 13.2 Å². The molecule has 0 saturated carbocycles. The van der Waals surface area contributed by atoms with Crippen LogP contribution in [0.2, 0.25) is 0 Å². The number of hydrogen-bond acceptors (Lipinski definition) is 3. The molecule has 0 N–H and O–H groups in total. The number of sulfone groups is 1. The zero-order valence-corrected chi connectivity index (χ0v) is 10.2. The Morgan fingerprint density at radius 3 is 2.36 bits per heavy atom. The third-order valence-corrected chi connectivity index (χ3v) is 2.66. The van der Waals surface area contributed by atoms with Crippen LogP contribution < -0.4 is 0 Å². The maximum absolute atomic E-state index is 11.3. The molecule has 0 aromatic rings. The fourth-order valence-electron chi connectivity index (χ4n) is 0.831. The number of nitrogens with zero attached hydrogens (tertiary/aromatic N) is 1. The molecule has 14 heavy (non-hydrogen) atoms. The zero-order chi connectivity index (χ0) is 11.4. The molecule has 0 saturated heterocycles. The smallest absolute Gasteiger partial charge is 0.237 e. The second-order valence-electron chi connectivity index (χ2n) is 3.45. The van der Waals surface area contributed by atoms with E-state index in [9.17, 15) is 13.2 Å². The quantitative estimate of drug-likeness (QED) is 0.659. The van der Waals surface area contributed by atoms with Gasteiger partial charge in [-0.25, -0.2) is 8.42 Å². The van der Waals surface area contributed by atoms with E-state index in [-0.39, 0.29) is 11.3 Å². The molecular weight excluding hydrogens is 226 g/mol. The highest BCUT2D eigenvalue weighted by Crippen LogP contribution is 2.01. The summed E-state index contributed by atoms with van der Waals surface area (Å²) in [6.45, 7) is 2.31. The molecule has 0 aliphatic heterocycles. The summed E-state index contributed by atoms with van der Waals surface area (Å²) in [7, 11) is -1.65. The summed E-state index contributed by atoms with van der Waals surface area (Å²) in [5.41, 5.74) is 0. The molecule has 0 heterocycles. The normalized spacial score (nSPS) is 13.7. The van der Waals surface area contributed by atoms with Crippen LogP contribution in [0.4, 0.5) is 0 Å². The first-order chi connectivity index (χ1) is 6.22. The summed E-state index contributed by atoms with van der Waals surface area (Å²) >= 11 is 5.70. The molecule has 1 atom stereocenters. The van der Waals surface area contributed by atoms with Gasteiger partial charge in [-0.2, -0.15) is 0 Å². The predicted molar refractivity (Wildman–Crippen MR) is 57.3 cm³/mol. The van der Waals surface area contributed by atoms with E-state index < -0.39 is 15.6 Å². The van der Waals surface area contributed by atoms with Crippen molar-refractivity contribution in [2.45, 2.75) is 18.7 Å². The molecule has 0 radical (unpaired) electrons. The third-order valence-electron chi connectivity index (χ3n) is 1.67. The lowest BCUT2D eigenvalue weighted by Gasteiger charge is -2.17. The molecule has 0 aromatic heterocycles. The number of carbonyl (C=O) groups excluding carboxylic acids is 1. The Hall–Kier alpha value is -0.290. The van der Waals surface area contributed by atoms with E-state index in [2.05, 4.69) is 0 Å². The number of carbonyl (C=O) groups is 1. The van der Waals surface area contributed by atoms with Crippen molar-refractivity contribution in [2.75, 3.05) is 25.6 Å². The van der Waals surface area contributed by atoms with Crippen LogP contribution in [-0.4, -0.2) is 50.2 Å². The second-order valence-corrected chi connectivity index (χ2v) is 6.34. The van der Waals surface area contributed by atoms with Gasteiger partial charge in [-0.15, -0.1) is 11.6 Å². The van der Waals surface area contributed by atoms with Crippen LogP contribution in [0.25, 0.3) is 0 Å². The van der Waals surface area contributed by atoms with E-state index >= 15 is 0 Å². The van der Waals surface area contributed by atoms with Gasteiger partial charge in [0.25, 0.3) is 0 Å². The highest BCUT2D eigenvalue weighted by atomic mass is 35.5. The van der Waals surface area contributed by atoms with Gasteiger partial charge in [0.1, 0.15) is 5.75 Å². The summed E-state index contributed by atoms with van der Waals surface area (Å²) < 4.78 is 21.6. The van der Waals surface area contributed by atoms with Gasteiger partial charge in [0, 0.05) is 25.2 Å². The maximum atomic E-state index is 11.3. The summed E-state index contributed by atoms with van der Waals surface area (Å²) in [5, 5.41) is -0.0107. The molecule has 1 amide bonds. The summed E-state index contributed by atoms with van der Waals surface area (Å²) in [6, 6.07) is 0. The van der Waals surface area contributed by atoms with Crippen LogP contribution in [-0.2, 0) is 14.6 Å². The van der Waals surface area contributed by atoms with Gasteiger partial charge in [-0.3, -0.25) is 4.79 Å². The van der Waals surface area contributed by atoms with E-state index in [0.29, 0.717) is 13.0 Å². The van der Waals surface area contributed by atoms with Crippen molar-refractivity contribution in [3.63, 3.8) is 0 Å². The fraction of sp³-hybridized carbons (Fsp3) is 0.875. The highest BCUT2D eigenvalue weighted by molar-refractivity contribution is 7.91. The maximum Gasteiger partial charge on any atom is 0.237 e. The van der Waals surface area contributed by atoms with Crippen LogP contribution in [0.15, 0.2) is 0 Å². The fourth-order valence-corrected chi connectivity index (χ4v) is 1.60. The van der Waals surface area contributed by atoms with Crippen molar-refractivity contribution in [3.05, 3.63) is 0 Å². The van der Waals surface area contributed by atoms with Gasteiger partial charge < -0.3 is 4.90 Å². The van der Waals surface area contributed by atoms with Crippen molar-refractivity contribution in [3.8, 4) is 0 Å². The van der Waals surface area contributed by atoms with Crippen LogP contribution in [0.1, 0.15) is 13.3 Å². The minimum Gasteiger partial charge on any atom is -0.345 e. The molecule has 0 aromatic carbocycles. The van der Waals surface area contributed by atoms with E-state index in [1.54, 1.807) is 7.05 Å². The average Bonchev–Trinajstić information content (AvgIpc) is 1.96. The lowest BCUT2D eigenvalue weighted by molar-refractivity contribution is -0.127. The molecular formula is C8H16ClNO3S. The zero-order valence-electron chi connectivity index (χ0n) is 8.66. The predicted octanol–water partition coefficient (Wildman–Crippen LogP) is 0.507.